The van der Waals surface area contributed by atoms with Gasteiger partial charge in [-0.25, -0.2) is 8.42 Å². The van der Waals surface area contributed by atoms with Gasteiger partial charge >= 0.3 is 0 Å². The monoisotopic (exact) mass is 429 g/mol. The lowest BCUT2D eigenvalue weighted by Crippen LogP contribution is -2.50. The zero-order valence-corrected chi connectivity index (χ0v) is 18.6. The molecule has 8 heteroatoms. The van der Waals surface area contributed by atoms with E-state index in [9.17, 15) is 13.2 Å². The maximum Gasteiger partial charge on any atom is 0.243 e. The molecular weight excluding hydrogens is 398 g/mol. The molecule has 158 valence electrons. The average molecular weight is 430 g/mol. The summed E-state index contributed by atoms with van der Waals surface area (Å²) in [5.74, 6) is 0.129. The second-order valence-electron chi connectivity index (χ2n) is 7.86. The van der Waals surface area contributed by atoms with Crippen molar-refractivity contribution in [2.24, 2.45) is 5.92 Å². The number of piperidine rings is 2. The Morgan fingerprint density at radius 3 is 2.39 bits per heavy atom. The Hall–Kier alpha value is -1.15. The molecule has 3 rings (SSSR count). The topological polar surface area (TPSA) is 69.7 Å². The molecule has 0 bridgehead atoms. The van der Waals surface area contributed by atoms with E-state index in [0.717, 1.165) is 37.1 Å². The molecular formula is C20H32ClN3O3S. The summed E-state index contributed by atoms with van der Waals surface area (Å²) in [5.41, 5.74) is 1.83. The minimum Gasteiger partial charge on any atom is -0.341 e. The van der Waals surface area contributed by atoms with Crippen molar-refractivity contribution in [3.05, 3.63) is 29.3 Å². The summed E-state index contributed by atoms with van der Waals surface area (Å²) >= 11 is 0. The fourth-order valence-electron chi connectivity index (χ4n) is 4.24. The normalized spacial score (nSPS) is 22.0. The lowest BCUT2D eigenvalue weighted by molar-refractivity contribution is -0.138. The van der Waals surface area contributed by atoms with E-state index in [1.165, 1.54) is 0 Å². The van der Waals surface area contributed by atoms with E-state index < -0.39 is 10.0 Å². The molecule has 2 aliphatic rings. The maximum absolute atomic E-state index is 13.0. The highest BCUT2D eigenvalue weighted by molar-refractivity contribution is 7.89. The summed E-state index contributed by atoms with van der Waals surface area (Å²) in [6.07, 6.45) is 3.33. The highest BCUT2D eigenvalue weighted by Crippen LogP contribution is 2.27. The van der Waals surface area contributed by atoms with Gasteiger partial charge in [-0.05, 0) is 58.2 Å². The molecule has 0 saturated carbocycles. The molecule has 0 aromatic heterocycles. The number of hydrogen-bond acceptors (Lipinski definition) is 4. The molecule has 1 atom stereocenters. The van der Waals surface area contributed by atoms with Gasteiger partial charge in [0.05, 0.1) is 4.90 Å². The quantitative estimate of drug-likeness (QED) is 0.797. The molecule has 1 aromatic carbocycles. The van der Waals surface area contributed by atoms with Gasteiger partial charge in [0, 0.05) is 38.1 Å². The minimum atomic E-state index is -3.50. The van der Waals surface area contributed by atoms with E-state index in [0.29, 0.717) is 36.9 Å². The van der Waals surface area contributed by atoms with E-state index in [2.05, 4.69) is 5.32 Å². The van der Waals surface area contributed by atoms with E-state index in [4.69, 9.17) is 0 Å². The number of nitrogens with zero attached hydrogens (tertiary/aromatic N) is 2. The van der Waals surface area contributed by atoms with Gasteiger partial charge in [0.2, 0.25) is 15.9 Å². The number of benzene rings is 1. The van der Waals surface area contributed by atoms with E-state index in [1.807, 2.05) is 37.9 Å². The van der Waals surface area contributed by atoms with Gasteiger partial charge in [0.15, 0.2) is 0 Å². The molecule has 28 heavy (non-hydrogen) atoms. The van der Waals surface area contributed by atoms with Crippen LogP contribution in [0, 0.1) is 19.8 Å². The second kappa shape index (κ2) is 9.57. The van der Waals surface area contributed by atoms with E-state index in [-0.39, 0.29) is 24.2 Å². The van der Waals surface area contributed by atoms with Crippen LogP contribution >= 0.6 is 12.4 Å². The number of aryl methyl sites for hydroxylation is 2. The van der Waals surface area contributed by atoms with Crippen LogP contribution in [0.4, 0.5) is 0 Å². The van der Waals surface area contributed by atoms with Crippen molar-refractivity contribution in [2.75, 3.05) is 33.2 Å². The first kappa shape index (κ1) is 23.1. The zero-order chi connectivity index (χ0) is 19.6. The van der Waals surface area contributed by atoms with Gasteiger partial charge in [0.1, 0.15) is 0 Å². The van der Waals surface area contributed by atoms with Crippen LogP contribution in [-0.4, -0.2) is 62.8 Å². The van der Waals surface area contributed by atoms with Crippen molar-refractivity contribution in [3.63, 3.8) is 0 Å². The highest BCUT2D eigenvalue weighted by Gasteiger charge is 2.35. The van der Waals surface area contributed by atoms with Crippen molar-refractivity contribution < 1.29 is 13.2 Å². The Bertz CT molecular complexity index is 792. The van der Waals surface area contributed by atoms with E-state index >= 15 is 0 Å². The van der Waals surface area contributed by atoms with Gasteiger partial charge in [-0.15, -0.1) is 12.4 Å². The standard InChI is InChI=1S/C20H31N3O3S.ClH/c1-15-6-7-19(16(2)13-15)27(25,26)23-11-8-17(9-12-23)20(24)22-10-4-5-18(14-22)21-3;/h6-7,13,17-18,21H,4-5,8-12,14H2,1-3H3;1H. The minimum absolute atomic E-state index is 0. The lowest BCUT2D eigenvalue weighted by Gasteiger charge is -2.37. The van der Waals surface area contributed by atoms with Gasteiger partial charge < -0.3 is 10.2 Å². The van der Waals surface area contributed by atoms with Crippen molar-refractivity contribution >= 4 is 28.3 Å². The molecule has 0 spiro atoms. The number of hydrogen-bond donors (Lipinski definition) is 1. The predicted molar refractivity (Wildman–Crippen MR) is 113 cm³/mol. The molecule has 2 fully saturated rings. The molecule has 1 amide bonds. The number of rotatable bonds is 4. The number of likely N-dealkylation sites (tertiary alicyclic amines) is 1. The number of halogens is 1. The molecule has 0 radical (unpaired) electrons. The van der Waals surface area contributed by atoms with Crippen molar-refractivity contribution in [2.45, 2.75) is 50.5 Å². The van der Waals surface area contributed by atoms with Gasteiger partial charge in [0.25, 0.3) is 0 Å². The van der Waals surface area contributed by atoms with Crippen LogP contribution in [0.3, 0.4) is 0 Å². The van der Waals surface area contributed by atoms with Crippen molar-refractivity contribution in [1.82, 2.24) is 14.5 Å². The Balaban J connectivity index is 0.00000280. The van der Waals surface area contributed by atoms with Crippen molar-refractivity contribution in [3.8, 4) is 0 Å². The van der Waals surface area contributed by atoms with Crippen LogP contribution in [0.2, 0.25) is 0 Å². The third-order valence-corrected chi connectivity index (χ3v) is 7.95. The first-order chi connectivity index (χ1) is 12.8. The largest absolute Gasteiger partial charge is 0.341 e. The number of sulfonamides is 1. The summed E-state index contributed by atoms with van der Waals surface area (Å²) in [6.45, 7) is 6.20. The summed E-state index contributed by atoms with van der Waals surface area (Å²) in [4.78, 5) is 15.2. The molecule has 1 unspecified atom stereocenters. The molecule has 2 aliphatic heterocycles. The zero-order valence-electron chi connectivity index (χ0n) is 17.0. The Morgan fingerprint density at radius 1 is 1.11 bits per heavy atom. The van der Waals surface area contributed by atoms with Gasteiger partial charge in [-0.1, -0.05) is 17.7 Å². The lowest BCUT2D eigenvalue weighted by atomic mass is 9.95. The Kier molecular flexibility index (Phi) is 7.90. The van der Waals surface area contributed by atoms with Gasteiger partial charge in [-0.3, -0.25) is 4.79 Å². The van der Waals surface area contributed by atoms with Crippen LogP contribution in [-0.2, 0) is 14.8 Å². The second-order valence-corrected chi connectivity index (χ2v) is 9.77. The van der Waals surface area contributed by atoms with Crippen molar-refractivity contribution in [1.29, 1.82) is 0 Å². The fraction of sp³-hybridized carbons (Fsp3) is 0.650. The molecule has 2 heterocycles. The summed E-state index contributed by atoms with van der Waals surface area (Å²) in [7, 11) is -1.56. The number of carbonyl (C=O) groups excluding carboxylic acids is 1. The molecule has 2 saturated heterocycles. The smallest absolute Gasteiger partial charge is 0.243 e. The number of amides is 1. The van der Waals surface area contributed by atoms with Crippen LogP contribution in [0.1, 0.15) is 36.8 Å². The summed E-state index contributed by atoms with van der Waals surface area (Å²) in [5, 5.41) is 3.26. The average Bonchev–Trinajstić information content (AvgIpc) is 2.67. The van der Waals surface area contributed by atoms with Crippen LogP contribution in [0.5, 0.6) is 0 Å². The molecule has 0 aliphatic carbocycles. The SMILES string of the molecule is CNC1CCCN(C(=O)C2CCN(S(=O)(=O)c3ccc(C)cc3C)CC2)C1.Cl. The predicted octanol–water partition coefficient (Wildman–Crippen LogP) is 2.34. The summed E-state index contributed by atoms with van der Waals surface area (Å²) < 4.78 is 27.5. The fourth-order valence-corrected chi connectivity index (χ4v) is 5.92. The van der Waals surface area contributed by atoms with E-state index in [1.54, 1.807) is 10.4 Å². The Morgan fingerprint density at radius 2 is 1.79 bits per heavy atom. The van der Waals surface area contributed by atoms with Crippen LogP contribution < -0.4 is 5.32 Å². The highest BCUT2D eigenvalue weighted by atomic mass is 35.5. The number of carbonyl (C=O) groups is 1. The first-order valence-electron chi connectivity index (χ1n) is 9.86. The molecule has 1 aromatic rings. The number of likely N-dealkylation sites (N-methyl/N-ethyl adjacent to an activating group) is 1. The molecule has 1 N–H and O–H groups in total. The maximum atomic E-state index is 13.0. The third-order valence-electron chi connectivity index (χ3n) is 5.89. The molecule has 6 nitrogen and oxygen atoms in total. The Labute approximate surface area is 175 Å². The van der Waals surface area contributed by atoms with Crippen LogP contribution in [0.15, 0.2) is 23.1 Å². The number of nitrogens with one attached hydrogen (secondary N) is 1. The van der Waals surface area contributed by atoms with Crippen LogP contribution in [0.25, 0.3) is 0 Å². The summed E-state index contributed by atoms with van der Waals surface area (Å²) in [6, 6.07) is 5.80. The van der Waals surface area contributed by atoms with Gasteiger partial charge in [-0.2, -0.15) is 4.31 Å². The first-order valence-corrected chi connectivity index (χ1v) is 11.3. The third kappa shape index (κ3) is 4.87.